The fourth-order valence-electron chi connectivity index (χ4n) is 2.40. The molecule has 1 aromatic heterocycles. The molecule has 0 amide bonds. The Hall–Kier alpha value is -1.59. The van der Waals surface area contributed by atoms with Gasteiger partial charge in [-0.1, -0.05) is 23.7 Å². The van der Waals surface area contributed by atoms with Gasteiger partial charge in [0.1, 0.15) is 6.04 Å². The zero-order valence-electron chi connectivity index (χ0n) is 10.6. The third kappa shape index (κ3) is 2.51. The summed E-state index contributed by atoms with van der Waals surface area (Å²) < 4.78 is 0. The number of carboxylic acids is 1. The summed E-state index contributed by atoms with van der Waals surface area (Å²) in [6, 6.07) is 7.04. The zero-order valence-corrected chi connectivity index (χ0v) is 12.2. The van der Waals surface area contributed by atoms with Crippen LogP contribution < -0.4 is 4.90 Å². The number of aliphatic carboxylic acids is 1. The lowest BCUT2D eigenvalue weighted by Crippen LogP contribution is -2.35. The molecule has 2 aromatic rings. The maximum atomic E-state index is 11.2. The second-order valence-electron chi connectivity index (χ2n) is 4.71. The van der Waals surface area contributed by atoms with E-state index < -0.39 is 12.0 Å². The zero-order chi connectivity index (χ0) is 14.1. The number of aromatic nitrogens is 1. The largest absolute Gasteiger partial charge is 0.480 e. The normalized spacial score (nSPS) is 18.4. The van der Waals surface area contributed by atoms with Crippen molar-refractivity contribution in [3.8, 4) is 11.3 Å². The number of hydrogen-bond acceptors (Lipinski definition) is 4. The summed E-state index contributed by atoms with van der Waals surface area (Å²) in [5, 5.41) is 12.6. The van der Waals surface area contributed by atoms with Gasteiger partial charge in [-0.15, -0.1) is 11.3 Å². The highest BCUT2D eigenvalue weighted by molar-refractivity contribution is 7.14. The highest BCUT2D eigenvalue weighted by atomic mass is 35.5. The van der Waals surface area contributed by atoms with Gasteiger partial charge >= 0.3 is 5.97 Å². The molecule has 1 saturated heterocycles. The van der Waals surface area contributed by atoms with Crippen LogP contribution in [-0.4, -0.2) is 28.6 Å². The van der Waals surface area contributed by atoms with Gasteiger partial charge in [-0.3, -0.25) is 0 Å². The first kappa shape index (κ1) is 13.4. The Balaban J connectivity index is 1.86. The quantitative estimate of drug-likeness (QED) is 0.942. The van der Waals surface area contributed by atoms with Crippen LogP contribution in [0, 0.1) is 0 Å². The molecule has 4 nitrogen and oxygen atoms in total. The van der Waals surface area contributed by atoms with Gasteiger partial charge in [0.15, 0.2) is 5.13 Å². The van der Waals surface area contributed by atoms with Gasteiger partial charge in [-0.25, -0.2) is 9.78 Å². The maximum absolute atomic E-state index is 11.2. The lowest BCUT2D eigenvalue weighted by Gasteiger charge is -2.19. The minimum Gasteiger partial charge on any atom is -0.480 e. The molecule has 20 heavy (non-hydrogen) atoms. The van der Waals surface area contributed by atoms with Crippen LogP contribution in [0.1, 0.15) is 12.8 Å². The SMILES string of the molecule is O=C(O)C1CCCN1c1nc(-c2ccc(Cl)cc2)cs1. The third-order valence-corrected chi connectivity index (χ3v) is 4.55. The van der Waals surface area contributed by atoms with Crippen molar-refractivity contribution in [1.29, 1.82) is 0 Å². The highest BCUT2D eigenvalue weighted by Gasteiger charge is 2.32. The van der Waals surface area contributed by atoms with E-state index >= 15 is 0 Å². The maximum Gasteiger partial charge on any atom is 0.326 e. The molecule has 0 aliphatic carbocycles. The van der Waals surface area contributed by atoms with Crippen LogP contribution in [0.4, 0.5) is 5.13 Å². The first-order chi connectivity index (χ1) is 9.65. The number of anilines is 1. The van der Waals surface area contributed by atoms with Crippen LogP contribution in [-0.2, 0) is 4.79 Å². The van der Waals surface area contributed by atoms with Gasteiger partial charge in [0.25, 0.3) is 0 Å². The Labute approximate surface area is 125 Å². The summed E-state index contributed by atoms with van der Waals surface area (Å²) in [5.74, 6) is -0.772. The molecule has 1 aromatic carbocycles. The predicted molar refractivity (Wildman–Crippen MR) is 80.6 cm³/mol. The average molecular weight is 309 g/mol. The second kappa shape index (κ2) is 5.42. The van der Waals surface area contributed by atoms with Crippen LogP contribution in [0.3, 0.4) is 0 Å². The Morgan fingerprint density at radius 3 is 2.85 bits per heavy atom. The molecule has 1 aliphatic rings. The van der Waals surface area contributed by atoms with E-state index in [4.69, 9.17) is 11.6 Å². The topological polar surface area (TPSA) is 53.4 Å². The molecule has 1 N–H and O–H groups in total. The molecule has 1 fully saturated rings. The number of benzene rings is 1. The van der Waals surface area contributed by atoms with Gasteiger partial charge < -0.3 is 10.0 Å². The minimum atomic E-state index is -0.772. The van der Waals surface area contributed by atoms with Crippen LogP contribution in [0.5, 0.6) is 0 Å². The summed E-state index contributed by atoms with van der Waals surface area (Å²) in [7, 11) is 0. The summed E-state index contributed by atoms with van der Waals surface area (Å²) in [6.45, 7) is 0.755. The molecule has 6 heteroatoms. The lowest BCUT2D eigenvalue weighted by atomic mass is 10.2. The van der Waals surface area contributed by atoms with Crippen LogP contribution in [0.2, 0.25) is 5.02 Å². The van der Waals surface area contributed by atoms with Crippen LogP contribution in [0.15, 0.2) is 29.6 Å². The summed E-state index contributed by atoms with van der Waals surface area (Å²) in [6.07, 6.45) is 1.58. The van der Waals surface area contributed by atoms with E-state index in [9.17, 15) is 9.90 Å². The van der Waals surface area contributed by atoms with Crippen molar-refractivity contribution in [2.75, 3.05) is 11.4 Å². The summed E-state index contributed by atoms with van der Waals surface area (Å²) in [5.41, 5.74) is 1.85. The molecule has 0 radical (unpaired) electrons. The second-order valence-corrected chi connectivity index (χ2v) is 5.98. The van der Waals surface area contributed by atoms with Gasteiger partial charge in [0, 0.05) is 22.5 Å². The molecule has 1 atom stereocenters. The van der Waals surface area contributed by atoms with E-state index in [0.29, 0.717) is 11.4 Å². The minimum absolute atomic E-state index is 0.445. The first-order valence-electron chi connectivity index (χ1n) is 6.36. The van der Waals surface area contributed by atoms with Crippen molar-refractivity contribution in [2.24, 2.45) is 0 Å². The monoisotopic (exact) mass is 308 g/mol. The fourth-order valence-corrected chi connectivity index (χ4v) is 3.44. The standard InChI is InChI=1S/C14H13ClN2O2S/c15-10-5-3-9(4-6-10)11-8-20-14(16-11)17-7-1-2-12(17)13(18)19/h3-6,8,12H,1-2,7H2,(H,18,19). The predicted octanol–water partition coefficient (Wildman–Crippen LogP) is 3.52. The van der Waals surface area contributed by atoms with E-state index in [2.05, 4.69) is 4.98 Å². The number of rotatable bonds is 3. The Bertz CT molecular complexity index is 626. The molecule has 2 heterocycles. The Kier molecular flexibility index (Phi) is 3.63. The average Bonchev–Trinajstić information content (AvgIpc) is 3.08. The molecular formula is C14H13ClN2O2S. The molecule has 1 unspecified atom stereocenters. The molecule has 1 aliphatic heterocycles. The highest BCUT2D eigenvalue weighted by Crippen LogP contribution is 2.32. The Morgan fingerprint density at radius 1 is 1.40 bits per heavy atom. The first-order valence-corrected chi connectivity index (χ1v) is 7.62. The van der Waals surface area contributed by atoms with Crippen molar-refractivity contribution < 1.29 is 9.90 Å². The number of halogens is 1. The molecule has 0 saturated carbocycles. The van der Waals surface area contributed by atoms with E-state index in [1.165, 1.54) is 11.3 Å². The third-order valence-electron chi connectivity index (χ3n) is 3.42. The van der Waals surface area contributed by atoms with Gasteiger partial charge in [0.2, 0.25) is 0 Å². The number of hydrogen-bond donors (Lipinski definition) is 1. The van der Waals surface area contributed by atoms with E-state index in [-0.39, 0.29) is 0 Å². The van der Waals surface area contributed by atoms with Gasteiger partial charge in [-0.2, -0.15) is 0 Å². The number of thiazole rings is 1. The van der Waals surface area contributed by atoms with Gasteiger partial charge in [-0.05, 0) is 25.0 Å². The molecule has 0 bridgehead atoms. The number of carboxylic acid groups (broad SMARTS) is 1. The van der Waals surface area contributed by atoms with Crippen molar-refractivity contribution >= 4 is 34.0 Å². The van der Waals surface area contributed by atoms with Crippen LogP contribution in [0.25, 0.3) is 11.3 Å². The van der Waals surface area contributed by atoms with Crippen molar-refractivity contribution in [3.63, 3.8) is 0 Å². The fraction of sp³-hybridized carbons (Fsp3) is 0.286. The Morgan fingerprint density at radius 2 is 2.15 bits per heavy atom. The van der Waals surface area contributed by atoms with Gasteiger partial charge in [0.05, 0.1) is 5.69 Å². The summed E-state index contributed by atoms with van der Waals surface area (Å²) >= 11 is 7.36. The summed E-state index contributed by atoms with van der Waals surface area (Å²) in [4.78, 5) is 17.7. The van der Waals surface area contributed by atoms with Crippen LogP contribution >= 0.6 is 22.9 Å². The molecule has 0 spiro atoms. The molecule has 3 rings (SSSR count). The smallest absolute Gasteiger partial charge is 0.326 e. The number of carbonyl (C=O) groups is 1. The van der Waals surface area contributed by atoms with Crippen molar-refractivity contribution in [2.45, 2.75) is 18.9 Å². The van der Waals surface area contributed by atoms with Crippen molar-refractivity contribution in [3.05, 3.63) is 34.7 Å². The van der Waals surface area contributed by atoms with Crippen molar-refractivity contribution in [1.82, 2.24) is 4.98 Å². The van der Waals surface area contributed by atoms with E-state index in [1.807, 2.05) is 34.5 Å². The number of nitrogens with zero attached hydrogens (tertiary/aromatic N) is 2. The molecule has 104 valence electrons. The lowest BCUT2D eigenvalue weighted by molar-refractivity contribution is -0.138. The van der Waals surface area contributed by atoms with E-state index in [0.717, 1.165) is 29.4 Å². The van der Waals surface area contributed by atoms with E-state index in [1.54, 1.807) is 0 Å². The molecular weight excluding hydrogens is 296 g/mol.